The van der Waals surface area contributed by atoms with Gasteiger partial charge in [0.15, 0.2) is 5.69 Å². The van der Waals surface area contributed by atoms with Crippen LogP contribution in [0, 0.1) is 6.92 Å². The van der Waals surface area contributed by atoms with Crippen molar-refractivity contribution in [2.45, 2.75) is 38.6 Å². The molecule has 0 bridgehead atoms. The Labute approximate surface area is 135 Å². The molecule has 1 aliphatic heterocycles. The van der Waals surface area contributed by atoms with Crippen molar-refractivity contribution in [3.8, 4) is 5.69 Å². The number of rotatable bonds is 5. The number of benzene rings is 1. The van der Waals surface area contributed by atoms with E-state index in [0.717, 1.165) is 24.9 Å². The molecule has 1 saturated heterocycles. The van der Waals surface area contributed by atoms with Gasteiger partial charge in [0.1, 0.15) is 0 Å². The molecule has 2 heterocycles. The molecule has 0 aliphatic carbocycles. The minimum absolute atomic E-state index is 0.192. The molecular formula is C17H22N4O2. The largest absolute Gasteiger partial charge is 0.379 e. The Morgan fingerprint density at radius 2 is 2.17 bits per heavy atom. The second-order valence-corrected chi connectivity index (χ2v) is 6.17. The third-order valence-electron chi connectivity index (χ3n) is 4.24. The number of aryl methyl sites for hydroxylation is 1. The number of hydrogen-bond acceptors (Lipinski definition) is 4. The van der Waals surface area contributed by atoms with Gasteiger partial charge in [-0.1, -0.05) is 36.3 Å². The molecular weight excluding hydrogens is 292 g/mol. The molecule has 1 aromatic carbocycles. The first-order valence-electron chi connectivity index (χ1n) is 8.01. The van der Waals surface area contributed by atoms with Crippen molar-refractivity contribution >= 4 is 5.91 Å². The third kappa shape index (κ3) is 3.42. The maximum atomic E-state index is 12.5. The molecule has 23 heavy (non-hydrogen) atoms. The summed E-state index contributed by atoms with van der Waals surface area (Å²) in [4.78, 5) is 12.5. The average molecular weight is 314 g/mol. The van der Waals surface area contributed by atoms with Crippen LogP contribution in [-0.2, 0) is 4.74 Å². The van der Waals surface area contributed by atoms with Gasteiger partial charge in [-0.05, 0) is 31.9 Å². The lowest BCUT2D eigenvalue weighted by Crippen LogP contribution is -2.49. The van der Waals surface area contributed by atoms with Gasteiger partial charge in [0, 0.05) is 6.61 Å². The van der Waals surface area contributed by atoms with E-state index in [1.54, 1.807) is 10.9 Å². The summed E-state index contributed by atoms with van der Waals surface area (Å²) in [6.07, 6.45) is 4.42. The minimum atomic E-state index is -0.264. The van der Waals surface area contributed by atoms with E-state index in [0.29, 0.717) is 18.9 Å². The number of hydrogen-bond donors (Lipinski definition) is 1. The monoisotopic (exact) mass is 314 g/mol. The lowest BCUT2D eigenvalue weighted by molar-refractivity contribution is 0.0864. The van der Waals surface area contributed by atoms with Crippen LogP contribution in [0.25, 0.3) is 5.69 Å². The maximum Gasteiger partial charge on any atom is 0.273 e. The first-order valence-corrected chi connectivity index (χ1v) is 8.01. The van der Waals surface area contributed by atoms with Crippen LogP contribution in [0.3, 0.4) is 0 Å². The highest BCUT2D eigenvalue weighted by atomic mass is 16.5. The summed E-state index contributed by atoms with van der Waals surface area (Å²) in [7, 11) is 0. The van der Waals surface area contributed by atoms with Crippen molar-refractivity contribution in [3.05, 3.63) is 41.7 Å². The van der Waals surface area contributed by atoms with Crippen LogP contribution in [-0.4, -0.2) is 39.7 Å². The summed E-state index contributed by atoms with van der Waals surface area (Å²) in [5, 5.41) is 11.2. The molecule has 0 spiro atoms. The molecule has 1 atom stereocenters. The van der Waals surface area contributed by atoms with E-state index in [9.17, 15) is 4.79 Å². The Hall–Kier alpha value is -2.21. The van der Waals surface area contributed by atoms with Gasteiger partial charge >= 0.3 is 0 Å². The first kappa shape index (κ1) is 15.7. The van der Waals surface area contributed by atoms with Gasteiger partial charge in [0.25, 0.3) is 5.91 Å². The van der Waals surface area contributed by atoms with Crippen LogP contribution in [0.15, 0.2) is 30.5 Å². The van der Waals surface area contributed by atoms with E-state index in [-0.39, 0.29) is 11.4 Å². The number of carbonyl (C=O) groups is 1. The van der Waals surface area contributed by atoms with Gasteiger partial charge in [-0.25, -0.2) is 4.68 Å². The van der Waals surface area contributed by atoms with Gasteiger partial charge in [-0.15, -0.1) is 5.10 Å². The van der Waals surface area contributed by atoms with Crippen molar-refractivity contribution in [2.75, 3.05) is 13.2 Å². The number of nitrogens with one attached hydrogen (secondary N) is 1. The van der Waals surface area contributed by atoms with Crippen molar-refractivity contribution in [1.29, 1.82) is 0 Å². The molecule has 2 aromatic rings. The number of aromatic nitrogens is 3. The van der Waals surface area contributed by atoms with Crippen LogP contribution < -0.4 is 5.32 Å². The molecule has 1 unspecified atom stereocenters. The highest BCUT2D eigenvalue weighted by Crippen LogP contribution is 2.24. The molecule has 3 rings (SSSR count). The predicted molar refractivity (Wildman–Crippen MR) is 86.6 cm³/mol. The second kappa shape index (κ2) is 6.50. The van der Waals surface area contributed by atoms with Crippen LogP contribution in [0.4, 0.5) is 0 Å². The topological polar surface area (TPSA) is 69.0 Å². The predicted octanol–water partition coefficient (Wildman–Crippen LogP) is 2.26. The van der Waals surface area contributed by atoms with Gasteiger partial charge in [-0.2, -0.15) is 0 Å². The van der Waals surface area contributed by atoms with Crippen molar-refractivity contribution in [2.24, 2.45) is 0 Å². The normalized spacial score (nSPS) is 20.6. The summed E-state index contributed by atoms with van der Waals surface area (Å²) in [6, 6.07) is 7.91. The lowest BCUT2D eigenvalue weighted by Gasteiger charge is -2.27. The Morgan fingerprint density at radius 3 is 2.83 bits per heavy atom. The summed E-state index contributed by atoms with van der Waals surface area (Å²) in [5.74, 6) is -0.192. The summed E-state index contributed by atoms with van der Waals surface area (Å²) < 4.78 is 7.10. The van der Waals surface area contributed by atoms with E-state index < -0.39 is 0 Å². The van der Waals surface area contributed by atoms with E-state index in [4.69, 9.17) is 4.74 Å². The Kier molecular flexibility index (Phi) is 4.43. The molecule has 1 fully saturated rings. The van der Waals surface area contributed by atoms with Gasteiger partial charge in [0.2, 0.25) is 0 Å². The molecule has 0 radical (unpaired) electrons. The van der Waals surface area contributed by atoms with E-state index in [1.807, 2.05) is 31.2 Å². The fourth-order valence-electron chi connectivity index (χ4n) is 2.94. The van der Waals surface area contributed by atoms with E-state index >= 15 is 0 Å². The molecule has 1 amide bonds. The molecule has 1 N–H and O–H groups in total. The summed E-state index contributed by atoms with van der Waals surface area (Å²) in [5.41, 5.74) is 2.12. The van der Waals surface area contributed by atoms with Crippen molar-refractivity contribution < 1.29 is 9.53 Å². The van der Waals surface area contributed by atoms with Gasteiger partial charge in [-0.3, -0.25) is 4.79 Å². The molecule has 6 heteroatoms. The zero-order chi connectivity index (χ0) is 16.3. The highest BCUT2D eigenvalue weighted by molar-refractivity contribution is 5.92. The maximum absolute atomic E-state index is 12.5. The zero-order valence-electron chi connectivity index (χ0n) is 13.6. The quantitative estimate of drug-likeness (QED) is 0.919. The SMILES string of the molecule is CCCC1(NC(=O)c2cn(-c3ccc(C)cc3)nn2)CCOC1. The van der Waals surface area contributed by atoms with Crippen LogP contribution in [0.5, 0.6) is 0 Å². The summed E-state index contributed by atoms with van der Waals surface area (Å²) >= 11 is 0. The van der Waals surface area contributed by atoms with Gasteiger partial charge in [0.05, 0.1) is 24.0 Å². The molecule has 6 nitrogen and oxygen atoms in total. The molecule has 0 saturated carbocycles. The standard InChI is InChI=1S/C17H22N4O2/c1-3-8-17(9-10-23-12-17)18-16(22)15-11-21(20-19-15)14-6-4-13(2)5-7-14/h4-7,11H,3,8-10,12H2,1-2H3,(H,18,22). The molecule has 122 valence electrons. The Bertz CT molecular complexity index is 672. The Balaban J connectivity index is 1.74. The van der Waals surface area contributed by atoms with Gasteiger partial charge < -0.3 is 10.1 Å². The lowest BCUT2D eigenvalue weighted by atomic mass is 9.92. The minimum Gasteiger partial charge on any atom is -0.379 e. The van der Waals surface area contributed by atoms with Crippen LogP contribution in [0.1, 0.15) is 42.2 Å². The smallest absolute Gasteiger partial charge is 0.273 e. The number of ether oxygens (including phenoxy) is 1. The average Bonchev–Trinajstić information content (AvgIpc) is 3.18. The van der Waals surface area contributed by atoms with Crippen LogP contribution in [0.2, 0.25) is 0 Å². The molecule has 1 aromatic heterocycles. The fraction of sp³-hybridized carbons (Fsp3) is 0.471. The van der Waals surface area contributed by atoms with Crippen molar-refractivity contribution in [1.82, 2.24) is 20.3 Å². The number of nitrogens with zero attached hydrogens (tertiary/aromatic N) is 3. The first-order chi connectivity index (χ1) is 11.1. The molecule has 1 aliphatic rings. The third-order valence-corrected chi connectivity index (χ3v) is 4.24. The van der Waals surface area contributed by atoms with Crippen molar-refractivity contribution in [3.63, 3.8) is 0 Å². The zero-order valence-corrected chi connectivity index (χ0v) is 13.6. The second-order valence-electron chi connectivity index (χ2n) is 6.17. The fourth-order valence-corrected chi connectivity index (χ4v) is 2.94. The van der Waals surface area contributed by atoms with E-state index in [1.165, 1.54) is 5.56 Å². The summed E-state index contributed by atoms with van der Waals surface area (Å²) in [6.45, 7) is 5.40. The number of amides is 1. The Morgan fingerprint density at radius 1 is 1.39 bits per heavy atom. The van der Waals surface area contributed by atoms with E-state index in [2.05, 4.69) is 22.6 Å². The number of carbonyl (C=O) groups excluding carboxylic acids is 1. The highest BCUT2D eigenvalue weighted by Gasteiger charge is 2.36. The van der Waals surface area contributed by atoms with Crippen LogP contribution >= 0.6 is 0 Å².